The minimum Gasteiger partial charge on any atom is -0.372 e. The maximum Gasteiger partial charge on any atom is 0.0740 e. The zero-order valence-electron chi connectivity index (χ0n) is 15.2. The first-order valence-corrected chi connectivity index (χ1v) is 8.84. The van der Waals surface area contributed by atoms with E-state index >= 15 is 0 Å². The average molecular weight is 335 g/mol. The van der Waals surface area contributed by atoms with Crippen LogP contribution in [0, 0.1) is 0 Å². The molecule has 0 saturated heterocycles. The van der Waals surface area contributed by atoms with Crippen LogP contribution in [0.1, 0.15) is 24.5 Å². The second-order valence-corrected chi connectivity index (χ2v) is 6.56. The summed E-state index contributed by atoms with van der Waals surface area (Å²) < 4.78 is 6.04. The van der Waals surface area contributed by atoms with Gasteiger partial charge in [-0.05, 0) is 24.5 Å². The molecule has 2 rings (SSSR count). The van der Waals surface area contributed by atoms with E-state index in [0.29, 0.717) is 6.61 Å². The Morgan fingerprint density at radius 3 is 1.96 bits per heavy atom. The van der Waals surface area contributed by atoms with Gasteiger partial charge in [-0.2, -0.15) is 0 Å². The molecule has 0 aromatic heterocycles. The third kappa shape index (κ3) is 7.51. The summed E-state index contributed by atoms with van der Waals surface area (Å²) in [6.45, 7) is 13.1. The van der Waals surface area contributed by atoms with E-state index in [9.17, 15) is 0 Å². The van der Waals surface area contributed by atoms with Crippen molar-refractivity contribution in [1.82, 2.24) is 4.90 Å². The number of nitrogens with zero attached hydrogens (tertiary/aromatic N) is 1. The Hall–Kier alpha value is -2.16. The molecule has 0 aliphatic carbocycles. The Balaban J connectivity index is 2.08. The lowest BCUT2D eigenvalue weighted by molar-refractivity contribution is 0.0367. The minimum atomic E-state index is 0.127. The maximum atomic E-state index is 6.04. The molecule has 0 aliphatic rings. The first-order valence-electron chi connectivity index (χ1n) is 8.84. The largest absolute Gasteiger partial charge is 0.372 e. The van der Waals surface area contributed by atoms with Gasteiger partial charge in [0, 0.05) is 19.6 Å². The number of hydrogen-bond acceptors (Lipinski definition) is 2. The van der Waals surface area contributed by atoms with Crippen LogP contribution in [0.25, 0.3) is 0 Å². The SMILES string of the molecule is C=CCC(CN(Cc1ccccc1)Cc1ccccc1)OCC(=C)C. The van der Waals surface area contributed by atoms with Crippen LogP contribution in [0.4, 0.5) is 0 Å². The molecular weight excluding hydrogens is 306 g/mol. The molecule has 25 heavy (non-hydrogen) atoms. The fraction of sp³-hybridized carbons (Fsp3) is 0.304. The normalized spacial score (nSPS) is 12.1. The predicted octanol–water partition coefficient (Wildman–Crippen LogP) is 5.23. The summed E-state index contributed by atoms with van der Waals surface area (Å²) in [5.74, 6) is 0. The van der Waals surface area contributed by atoms with E-state index in [4.69, 9.17) is 4.74 Å². The van der Waals surface area contributed by atoms with Gasteiger partial charge in [-0.1, -0.05) is 78.9 Å². The maximum absolute atomic E-state index is 6.04. The molecule has 0 bridgehead atoms. The van der Waals surface area contributed by atoms with Gasteiger partial charge >= 0.3 is 0 Å². The predicted molar refractivity (Wildman–Crippen MR) is 106 cm³/mol. The Morgan fingerprint density at radius 1 is 1.00 bits per heavy atom. The van der Waals surface area contributed by atoms with Gasteiger partial charge in [0.2, 0.25) is 0 Å². The highest BCUT2D eigenvalue weighted by Gasteiger charge is 2.15. The van der Waals surface area contributed by atoms with Crippen molar-refractivity contribution in [3.05, 3.63) is 96.6 Å². The van der Waals surface area contributed by atoms with Crippen molar-refractivity contribution >= 4 is 0 Å². The Kier molecular flexibility index (Phi) is 8.17. The fourth-order valence-electron chi connectivity index (χ4n) is 2.80. The summed E-state index contributed by atoms with van der Waals surface area (Å²) in [6, 6.07) is 21.2. The molecule has 0 heterocycles. The zero-order valence-corrected chi connectivity index (χ0v) is 15.2. The summed E-state index contributed by atoms with van der Waals surface area (Å²) in [5, 5.41) is 0. The summed E-state index contributed by atoms with van der Waals surface area (Å²) in [7, 11) is 0. The van der Waals surface area contributed by atoms with Crippen LogP contribution in [0.5, 0.6) is 0 Å². The summed E-state index contributed by atoms with van der Waals surface area (Å²) in [4.78, 5) is 2.44. The van der Waals surface area contributed by atoms with Crippen molar-refractivity contribution in [1.29, 1.82) is 0 Å². The van der Waals surface area contributed by atoms with E-state index in [1.165, 1.54) is 11.1 Å². The molecule has 0 radical (unpaired) electrons. The lowest BCUT2D eigenvalue weighted by Gasteiger charge is -2.27. The molecular formula is C23H29NO. The van der Waals surface area contributed by atoms with Crippen LogP contribution in [0.3, 0.4) is 0 Å². The molecule has 0 amide bonds. The highest BCUT2D eigenvalue weighted by atomic mass is 16.5. The van der Waals surface area contributed by atoms with Crippen molar-refractivity contribution in [3.8, 4) is 0 Å². The van der Waals surface area contributed by atoms with Crippen molar-refractivity contribution in [2.45, 2.75) is 32.5 Å². The van der Waals surface area contributed by atoms with Crippen LogP contribution in [-0.4, -0.2) is 24.2 Å². The number of hydrogen-bond donors (Lipinski definition) is 0. The second-order valence-electron chi connectivity index (χ2n) is 6.56. The second kappa shape index (κ2) is 10.7. The molecule has 2 aromatic rings. The Labute approximate surface area is 152 Å². The highest BCUT2D eigenvalue weighted by molar-refractivity contribution is 5.17. The first-order chi connectivity index (χ1) is 12.2. The van der Waals surface area contributed by atoms with E-state index < -0.39 is 0 Å². The number of benzene rings is 2. The van der Waals surface area contributed by atoms with Crippen LogP contribution in [-0.2, 0) is 17.8 Å². The molecule has 2 nitrogen and oxygen atoms in total. The Bertz CT molecular complexity index is 594. The Morgan fingerprint density at radius 2 is 1.52 bits per heavy atom. The summed E-state index contributed by atoms with van der Waals surface area (Å²) in [5.41, 5.74) is 3.68. The van der Waals surface area contributed by atoms with Crippen molar-refractivity contribution in [2.75, 3.05) is 13.2 Å². The summed E-state index contributed by atoms with van der Waals surface area (Å²) in [6.07, 6.45) is 2.90. The average Bonchev–Trinajstić information content (AvgIpc) is 2.61. The van der Waals surface area contributed by atoms with E-state index in [-0.39, 0.29) is 6.10 Å². The van der Waals surface area contributed by atoms with Gasteiger partial charge < -0.3 is 4.74 Å². The van der Waals surface area contributed by atoms with Crippen LogP contribution >= 0.6 is 0 Å². The molecule has 2 aromatic carbocycles. The minimum absolute atomic E-state index is 0.127. The standard InChI is InChI=1S/C23H29NO/c1-4-11-23(25-19-20(2)3)18-24(16-21-12-7-5-8-13-21)17-22-14-9-6-10-15-22/h4-10,12-15,23H,1-2,11,16-19H2,3H3. The van der Waals surface area contributed by atoms with Crippen LogP contribution in [0.15, 0.2) is 85.5 Å². The van der Waals surface area contributed by atoms with E-state index in [0.717, 1.165) is 31.6 Å². The fourth-order valence-corrected chi connectivity index (χ4v) is 2.80. The molecule has 0 saturated carbocycles. The van der Waals surface area contributed by atoms with Gasteiger partial charge in [-0.3, -0.25) is 4.90 Å². The third-order valence-corrected chi connectivity index (χ3v) is 3.95. The molecule has 1 atom stereocenters. The van der Waals surface area contributed by atoms with Crippen molar-refractivity contribution in [3.63, 3.8) is 0 Å². The van der Waals surface area contributed by atoms with Crippen molar-refractivity contribution in [2.24, 2.45) is 0 Å². The van der Waals surface area contributed by atoms with Gasteiger partial charge in [-0.15, -0.1) is 6.58 Å². The number of rotatable bonds is 11. The van der Waals surface area contributed by atoms with Gasteiger partial charge in [0.15, 0.2) is 0 Å². The lowest BCUT2D eigenvalue weighted by Crippen LogP contribution is -2.33. The zero-order chi connectivity index (χ0) is 17.9. The lowest BCUT2D eigenvalue weighted by atomic mass is 10.1. The molecule has 0 spiro atoms. The van der Waals surface area contributed by atoms with Crippen LogP contribution in [0.2, 0.25) is 0 Å². The summed E-state index contributed by atoms with van der Waals surface area (Å²) >= 11 is 0. The molecule has 132 valence electrons. The van der Waals surface area contributed by atoms with Gasteiger partial charge in [0.1, 0.15) is 0 Å². The quantitative estimate of drug-likeness (QED) is 0.522. The first kappa shape index (κ1) is 19.2. The number of ether oxygens (including phenoxy) is 1. The molecule has 1 unspecified atom stereocenters. The molecule has 2 heteroatoms. The van der Waals surface area contributed by atoms with E-state index in [1.807, 2.05) is 13.0 Å². The topological polar surface area (TPSA) is 12.5 Å². The molecule has 0 aliphatic heterocycles. The van der Waals surface area contributed by atoms with E-state index in [2.05, 4.69) is 78.7 Å². The van der Waals surface area contributed by atoms with Crippen LogP contribution < -0.4 is 0 Å². The molecule has 0 fully saturated rings. The third-order valence-electron chi connectivity index (χ3n) is 3.95. The monoisotopic (exact) mass is 335 g/mol. The van der Waals surface area contributed by atoms with Gasteiger partial charge in [0.25, 0.3) is 0 Å². The van der Waals surface area contributed by atoms with Crippen molar-refractivity contribution < 1.29 is 4.74 Å². The smallest absolute Gasteiger partial charge is 0.0740 e. The van der Waals surface area contributed by atoms with Gasteiger partial charge in [-0.25, -0.2) is 0 Å². The highest BCUT2D eigenvalue weighted by Crippen LogP contribution is 2.13. The van der Waals surface area contributed by atoms with E-state index in [1.54, 1.807) is 0 Å². The van der Waals surface area contributed by atoms with Gasteiger partial charge in [0.05, 0.1) is 12.7 Å². The molecule has 0 N–H and O–H groups in total.